The molecule has 0 unspecified atom stereocenters. The van der Waals surface area contributed by atoms with Crippen molar-refractivity contribution in [2.24, 2.45) is 7.05 Å². The quantitative estimate of drug-likeness (QED) is 0.769. The normalized spacial score (nSPS) is 24.3. The van der Waals surface area contributed by atoms with Gasteiger partial charge in [-0.25, -0.2) is 8.42 Å². The molecule has 0 saturated carbocycles. The van der Waals surface area contributed by atoms with E-state index in [4.69, 9.17) is 0 Å². The van der Waals surface area contributed by atoms with E-state index in [9.17, 15) is 13.2 Å². The number of hydrogen-bond donors (Lipinski definition) is 0. The number of aromatic nitrogens is 3. The molecule has 1 amide bonds. The smallest absolute Gasteiger partial charge is 0.241 e. The standard InChI is InChI=1S/C14H23N5O3S/c1-17-10-15-16-13(17)11-5-8-18(9-6-11)14(20)12-4-3-7-19(12)23(2,21)22/h10-12H,3-9H2,1-2H3/t12-/m0/s1. The fourth-order valence-corrected chi connectivity index (χ4v) is 4.73. The van der Waals surface area contributed by atoms with Gasteiger partial charge < -0.3 is 9.47 Å². The second-order valence-corrected chi connectivity index (χ2v) is 8.37. The summed E-state index contributed by atoms with van der Waals surface area (Å²) in [5, 5.41) is 8.06. The molecule has 1 atom stereocenters. The maximum absolute atomic E-state index is 12.7. The molecule has 0 aromatic carbocycles. The summed E-state index contributed by atoms with van der Waals surface area (Å²) in [7, 11) is -1.40. The molecule has 8 nitrogen and oxygen atoms in total. The number of carbonyl (C=O) groups is 1. The molecule has 0 spiro atoms. The highest BCUT2D eigenvalue weighted by molar-refractivity contribution is 7.88. The maximum Gasteiger partial charge on any atom is 0.241 e. The summed E-state index contributed by atoms with van der Waals surface area (Å²) in [6.45, 7) is 1.74. The largest absolute Gasteiger partial charge is 0.341 e. The van der Waals surface area contributed by atoms with Gasteiger partial charge in [-0.3, -0.25) is 4.79 Å². The zero-order chi connectivity index (χ0) is 16.6. The van der Waals surface area contributed by atoms with Crippen LogP contribution < -0.4 is 0 Å². The Bertz CT molecular complexity index is 678. The van der Waals surface area contributed by atoms with Crippen molar-refractivity contribution in [1.82, 2.24) is 24.0 Å². The number of aryl methyl sites for hydroxylation is 1. The number of sulfonamides is 1. The molecule has 1 aromatic heterocycles. The summed E-state index contributed by atoms with van der Waals surface area (Å²) in [4.78, 5) is 14.5. The van der Waals surface area contributed by atoms with Gasteiger partial charge in [-0.15, -0.1) is 10.2 Å². The second-order valence-electron chi connectivity index (χ2n) is 6.43. The van der Waals surface area contributed by atoms with Crippen molar-refractivity contribution < 1.29 is 13.2 Å². The Hall–Kier alpha value is -1.48. The van der Waals surface area contributed by atoms with Crippen LogP contribution in [0.15, 0.2) is 6.33 Å². The Kier molecular flexibility index (Phi) is 4.41. The van der Waals surface area contributed by atoms with E-state index in [1.54, 1.807) is 11.2 Å². The molecule has 1 aromatic rings. The van der Waals surface area contributed by atoms with Crippen LogP contribution in [0.25, 0.3) is 0 Å². The minimum atomic E-state index is -3.32. The number of likely N-dealkylation sites (tertiary alicyclic amines) is 1. The number of hydrogen-bond acceptors (Lipinski definition) is 5. The summed E-state index contributed by atoms with van der Waals surface area (Å²) in [6, 6.07) is -0.517. The fourth-order valence-electron chi connectivity index (χ4n) is 3.61. The Labute approximate surface area is 136 Å². The highest BCUT2D eigenvalue weighted by atomic mass is 32.2. The first kappa shape index (κ1) is 16.4. The molecule has 2 aliphatic heterocycles. The summed E-state index contributed by atoms with van der Waals surface area (Å²) in [5.41, 5.74) is 0. The molecule has 0 aliphatic carbocycles. The molecule has 128 valence electrons. The molecule has 9 heteroatoms. The van der Waals surface area contributed by atoms with Gasteiger partial charge in [0.1, 0.15) is 18.2 Å². The molecule has 0 radical (unpaired) electrons. The predicted molar refractivity (Wildman–Crippen MR) is 84.1 cm³/mol. The van der Waals surface area contributed by atoms with E-state index in [2.05, 4.69) is 10.2 Å². The number of amides is 1. The molecular formula is C14H23N5O3S. The van der Waals surface area contributed by atoms with Crippen molar-refractivity contribution in [3.05, 3.63) is 12.2 Å². The van der Waals surface area contributed by atoms with E-state index >= 15 is 0 Å². The zero-order valence-electron chi connectivity index (χ0n) is 13.6. The van der Waals surface area contributed by atoms with Crippen LogP contribution in [0.5, 0.6) is 0 Å². The van der Waals surface area contributed by atoms with Gasteiger partial charge in [0.25, 0.3) is 0 Å². The maximum atomic E-state index is 12.7. The topological polar surface area (TPSA) is 88.4 Å². The lowest BCUT2D eigenvalue weighted by Crippen LogP contribution is -2.49. The van der Waals surface area contributed by atoms with Crippen LogP contribution >= 0.6 is 0 Å². The SMILES string of the molecule is Cn1cnnc1C1CCN(C(=O)[C@@H]2CCCN2S(C)(=O)=O)CC1. The van der Waals surface area contributed by atoms with Crippen LogP contribution in [0, 0.1) is 0 Å². The second kappa shape index (κ2) is 6.20. The summed E-state index contributed by atoms with van der Waals surface area (Å²) < 4.78 is 26.9. The zero-order valence-corrected chi connectivity index (χ0v) is 14.4. The van der Waals surface area contributed by atoms with Gasteiger partial charge in [0.2, 0.25) is 15.9 Å². The van der Waals surface area contributed by atoms with E-state index < -0.39 is 16.1 Å². The van der Waals surface area contributed by atoms with Crippen molar-refractivity contribution in [3.8, 4) is 0 Å². The van der Waals surface area contributed by atoms with Gasteiger partial charge >= 0.3 is 0 Å². The average Bonchev–Trinajstić information content (AvgIpc) is 3.15. The number of carbonyl (C=O) groups excluding carboxylic acids is 1. The van der Waals surface area contributed by atoms with Crippen molar-refractivity contribution in [3.63, 3.8) is 0 Å². The molecule has 2 fully saturated rings. The van der Waals surface area contributed by atoms with Gasteiger partial charge in [-0.1, -0.05) is 0 Å². The van der Waals surface area contributed by atoms with Crippen molar-refractivity contribution in [1.29, 1.82) is 0 Å². The van der Waals surface area contributed by atoms with Gasteiger partial charge in [0, 0.05) is 32.6 Å². The third kappa shape index (κ3) is 3.25. The molecular weight excluding hydrogens is 318 g/mol. The Balaban J connectivity index is 1.63. The van der Waals surface area contributed by atoms with Crippen LogP contribution in [-0.2, 0) is 21.9 Å². The van der Waals surface area contributed by atoms with Crippen LogP contribution in [0.2, 0.25) is 0 Å². The lowest BCUT2D eigenvalue weighted by atomic mass is 9.95. The van der Waals surface area contributed by atoms with E-state index in [1.807, 2.05) is 11.6 Å². The third-order valence-electron chi connectivity index (χ3n) is 4.83. The van der Waals surface area contributed by atoms with E-state index in [0.717, 1.165) is 25.1 Å². The summed E-state index contributed by atoms with van der Waals surface area (Å²) >= 11 is 0. The third-order valence-corrected chi connectivity index (χ3v) is 6.12. The molecule has 0 N–H and O–H groups in total. The highest BCUT2D eigenvalue weighted by Gasteiger charge is 2.39. The van der Waals surface area contributed by atoms with Crippen LogP contribution in [0.3, 0.4) is 0 Å². The van der Waals surface area contributed by atoms with E-state index in [-0.39, 0.29) is 5.91 Å². The first-order valence-corrected chi connectivity index (χ1v) is 9.82. The average molecular weight is 341 g/mol. The highest BCUT2D eigenvalue weighted by Crippen LogP contribution is 2.28. The molecule has 3 heterocycles. The van der Waals surface area contributed by atoms with Crippen molar-refractivity contribution in [2.45, 2.75) is 37.6 Å². The fraction of sp³-hybridized carbons (Fsp3) is 0.786. The monoisotopic (exact) mass is 341 g/mol. The van der Waals surface area contributed by atoms with Gasteiger partial charge in [-0.2, -0.15) is 4.31 Å². The first-order chi connectivity index (χ1) is 10.9. The number of piperidine rings is 1. The lowest BCUT2D eigenvalue weighted by Gasteiger charge is -2.34. The van der Waals surface area contributed by atoms with E-state index in [1.165, 1.54) is 10.6 Å². The van der Waals surface area contributed by atoms with Crippen LogP contribution in [0.1, 0.15) is 37.4 Å². The van der Waals surface area contributed by atoms with Crippen molar-refractivity contribution >= 4 is 15.9 Å². The first-order valence-electron chi connectivity index (χ1n) is 7.97. The molecule has 3 rings (SSSR count). The molecule has 2 saturated heterocycles. The predicted octanol–water partition coefficient (Wildman–Crippen LogP) is -0.0549. The lowest BCUT2D eigenvalue weighted by molar-refractivity contribution is -0.135. The number of nitrogens with zero attached hydrogens (tertiary/aromatic N) is 5. The van der Waals surface area contributed by atoms with E-state index in [0.29, 0.717) is 32.0 Å². The minimum Gasteiger partial charge on any atom is -0.341 e. The Morgan fingerprint density at radius 3 is 2.48 bits per heavy atom. The number of rotatable bonds is 3. The Morgan fingerprint density at radius 1 is 1.22 bits per heavy atom. The Morgan fingerprint density at radius 2 is 1.91 bits per heavy atom. The van der Waals surface area contributed by atoms with Crippen LogP contribution in [0.4, 0.5) is 0 Å². The van der Waals surface area contributed by atoms with Gasteiger partial charge in [0.05, 0.1) is 6.26 Å². The van der Waals surface area contributed by atoms with Crippen LogP contribution in [-0.4, -0.2) is 70.2 Å². The van der Waals surface area contributed by atoms with Gasteiger partial charge in [0.15, 0.2) is 0 Å². The van der Waals surface area contributed by atoms with Gasteiger partial charge in [-0.05, 0) is 25.7 Å². The molecule has 0 bridgehead atoms. The van der Waals surface area contributed by atoms with Crippen molar-refractivity contribution in [2.75, 3.05) is 25.9 Å². The summed E-state index contributed by atoms with van der Waals surface area (Å²) in [5.74, 6) is 1.21. The minimum absolute atomic E-state index is 0.0515. The molecule has 23 heavy (non-hydrogen) atoms. The molecule has 2 aliphatic rings. The summed E-state index contributed by atoms with van der Waals surface area (Å²) in [6.07, 6.45) is 5.91.